The average molecular weight is 276 g/mol. The molecule has 0 bridgehead atoms. The minimum absolute atomic E-state index is 0.146. The third-order valence-electron chi connectivity index (χ3n) is 3.82. The first-order chi connectivity index (χ1) is 10.1. The highest BCUT2D eigenvalue weighted by atomic mass is 16.3. The Labute approximate surface area is 120 Å². The van der Waals surface area contributed by atoms with Crippen LogP contribution in [0.1, 0.15) is 11.1 Å². The molecule has 0 saturated heterocycles. The molecule has 1 aliphatic heterocycles. The Kier molecular flexibility index (Phi) is 2.36. The summed E-state index contributed by atoms with van der Waals surface area (Å²) in [4.78, 5) is 20.9. The lowest BCUT2D eigenvalue weighted by Gasteiger charge is -2.10. The Balaban J connectivity index is 2.24. The normalized spacial score (nSPS) is 11.5. The SMILES string of the molecule is Cc1cc2nc3c4cccnc4c(=O)cc-3oc2cc1C. The number of hydrogen-bond donors (Lipinski definition) is 0. The first-order valence-electron chi connectivity index (χ1n) is 6.73. The van der Waals surface area contributed by atoms with Gasteiger partial charge in [-0.25, -0.2) is 4.98 Å². The predicted octanol–water partition coefficient (Wildman–Crippen LogP) is 3.46. The van der Waals surface area contributed by atoms with E-state index in [-0.39, 0.29) is 5.43 Å². The summed E-state index contributed by atoms with van der Waals surface area (Å²) in [7, 11) is 0. The van der Waals surface area contributed by atoms with Crippen molar-refractivity contribution in [3.05, 3.63) is 57.9 Å². The fraction of sp³-hybridized carbons (Fsp3) is 0.118. The van der Waals surface area contributed by atoms with Gasteiger partial charge in [-0.1, -0.05) is 0 Å². The number of hydrogen-bond acceptors (Lipinski definition) is 4. The fourth-order valence-corrected chi connectivity index (χ4v) is 2.56. The van der Waals surface area contributed by atoms with Crippen LogP contribution in [0.2, 0.25) is 0 Å². The summed E-state index contributed by atoms with van der Waals surface area (Å²) in [5.41, 5.74) is 4.73. The summed E-state index contributed by atoms with van der Waals surface area (Å²) in [5.74, 6) is 0.497. The van der Waals surface area contributed by atoms with E-state index in [1.165, 1.54) is 6.07 Å². The lowest BCUT2D eigenvalue weighted by atomic mass is 10.1. The lowest BCUT2D eigenvalue weighted by molar-refractivity contribution is 0.613. The summed E-state index contributed by atoms with van der Waals surface area (Å²) in [5, 5.41) is 0.726. The monoisotopic (exact) mass is 276 g/mol. The van der Waals surface area contributed by atoms with Crippen molar-refractivity contribution in [3.63, 3.8) is 0 Å². The number of rotatable bonds is 0. The Bertz CT molecular complexity index is 1030. The highest BCUT2D eigenvalue weighted by Gasteiger charge is 2.16. The predicted molar refractivity (Wildman–Crippen MR) is 81.7 cm³/mol. The van der Waals surface area contributed by atoms with Crippen molar-refractivity contribution >= 4 is 22.0 Å². The Morgan fingerprint density at radius 2 is 1.90 bits per heavy atom. The van der Waals surface area contributed by atoms with Gasteiger partial charge >= 0.3 is 0 Å². The van der Waals surface area contributed by atoms with Crippen LogP contribution in [0.3, 0.4) is 0 Å². The second kappa shape index (κ2) is 4.12. The van der Waals surface area contributed by atoms with E-state index in [1.807, 2.05) is 32.0 Å². The van der Waals surface area contributed by atoms with E-state index in [2.05, 4.69) is 9.97 Å². The first-order valence-corrected chi connectivity index (χ1v) is 6.73. The molecule has 0 spiro atoms. The van der Waals surface area contributed by atoms with Crippen LogP contribution in [-0.4, -0.2) is 9.97 Å². The lowest BCUT2D eigenvalue weighted by Crippen LogP contribution is -2.05. The largest absolute Gasteiger partial charge is 0.453 e. The Morgan fingerprint density at radius 3 is 2.76 bits per heavy atom. The van der Waals surface area contributed by atoms with Crippen molar-refractivity contribution in [1.29, 1.82) is 0 Å². The second-order valence-electron chi connectivity index (χ2n) is 5.24. The number of pyridine rings is 1. The van der Waals surface area contributed by atoms with E-state index < -0.39 is 0 Å². The number of aryl methyl sites for hydroxylation is 2. The Morgan fingerprint density at radius 1 is 1.10 bits per heavy atom. The highest BCUT2D eigenvalue weighted by molar-refractivity contribution is 5.94. The van der Waals surface area contributed by atoms with Crippen LogP contribution in [0.25, 0.3) is 33.5 Å². The van der Waals surface area contributed by atoms with E-state index in [4.69, 9.17) is 4.42 Å². The smallest absolute Gasteiger partial charge is 0.208 e. The number of aromatic nitrogens is 2. The third-order valence-corrected chi connectivity index (χ3v) is 3.82. The van der Waals surface area contributed by atoms with Crippen LogP contribution in [-0.2, 0) is 0 Å². The van der Waals surface area contributed by atoms with E-state index in [0.717, 1.165) is 22.0 Å². The molecule has 2 aliphatic rings. The van der Waals surface area contributed by atoms with Gasteiger partial charge in [0.2, 0.25) is 5.43 Å². The number of benzene rings is 2. The van der Waals surface area contributed by atoms with E-state index in [9.17, 15) is 4.79 Å². The third kappa shape index (κ3) is 1.72. The van der Waals surface area contributed by atoms with Crippen molar-refractivity contribution in [2.75, 3.05) is 0 Å². The van der Waals surface area contributed by atoms with Gasteiger partial charge in [0, 0.05) is 17.6 Å². The van der Waals surface area contributed by atoms with Gasteiger partial charge in [0.05, 0.1) is 0 Å². The maximum atomic E-state index is 12.1. The van der Waals surface area contributed by atoms with Gasteiger partial charge in [-0.2, -0.15) is 0 Å². The van der Waals surface area contributed by atoms with Gasteiger partial charge in [-0.05, 0) is 49.2 Å². The molecule has 1 aromatic heterocycles. The maximum Gasteiger partial charge on any atom is 0.208 e. The fourth-order valence-electron chi connectivity index (χ4n) is 2.56. The van der Waals surface area contributed by atoms with Gasteiger partial charge in [-0.15, -0.1) is 0 Å². The minimum atomic E-state index is -0.146. The maximum absolute atomic E-state index is 12.1. The molecular weight excluding hydrogens is 264 g/mol. The van der Waals surface area contributed by atoms with Crippen LogP contribution in [0, 0.1) is 13.8 Å². The quantitative estimate of drug-likeness (QED) is 0.364. The number of nitrogens with zero attached hydrogens (tertiary/aromatic N) is 2. The molecule has 4 rings (SSSR count). The molecule has 21 heavy (non-hydrogen) atoms. The van der Waals surface area contributed by atoms with Crippen LogP contribution >= 0.6 is 0 Å². The topological polar surface area (TPSA) is 56.0 Å². The first kappa shape index (κ1) is 12.0. The average Bonchev–Trinajstić information content (AvgIpc) is 2.48. The molecule has 0 N–H and O–H groups in total. The summed E-state index contributed by atoms with van der Waals surface area (Å²) in [6, 6.07) is 9.07. The van der Waals surface area contributed by atoms with Crippen molar-refractivity contribution in [1.82, 2.24) is 9.97 Å². The summed E-state index contributed by atoms with van der Waals surface area (Å²) in [6.07, 6.45) is 1.61. The zero-order valence-electron chi connectivity index (χ0n) is 11.7. The molecule has 0 amide bonds. The zero-order valence-corrected chi connectivity index (χ0v) is 11.7. The molecule has 4 nitrogen and oxygen atoms in total. The van der Waals surface area contributed by atoms with Crippen molar-refractivity contribution in [2.24, 2.45) is 0 Å². The standard InChI is InChI=1S/C17H12N2O2/c1-9-6-12-14(7-10(9)2)21-15-8-13(20)16-11(17(15)19-12)4-3-5-18-16/h3-8H,1-2H3. The molecule has 0 fully saturated rings. The molecule has 0 saturated carbocycles. The van der Waals surface area contributed by atoms with Crippen molar-refractivity contribution in [3.8, 4) is 11.5 Å². The van der Waals surface area contributed by atoms with Crippen LogP contribution < -0.4 is 5.43 Å². The van der Waals surface area contributed by atoms with E-state index in [0.29, 0.717) is 22.6 Å². The highest BCUT2D eigenvalue weighted by Crippen LogP contribution is 2.30. The minimum Gasteiger partial charge on any atom is -0.453 e. The van der Waals surface area contributed by atoms with Gasteiger partial charge < -0.3 is 4.42 Å². The summed E-state index contributed by atoms with van der Waals surface area (Å²) >= 11 is 0. The van der Waals surface area contributed by atoms with Crippen molar-refractivity contribution in [2.45, 2.75) is 13.8 Å². The zero-order chi connectivity index (χ0) is 14.6. The summed E-state index contributed by atoms with van der Waals surface area (Å²) < 4.78 is 5.88. The molecule has 1 aromatic carbocycles. The van der Waals surface area contributed by atoms with E-state index in [1.54, 1.807) is 12.3 Å². The van der Waals surface area contributed by atoms with Gasteiger partial charge in [-0.3, -0.25) is 9.78 Å². The Hall–Kier alpha value is -2.75. The van der Waals surface area contributed by atoms with E-state index >= 15 is 0 Å². The van der Waals surface area contributed by atoms with Gasteiger partial charge in [0.15, 0.2) is 11.3 Å². The second-order valence-corrected chi connectivity index (χ2v) is 5.24. The molecule has 2 heterocycles. The molecule has 4 heteroatoms. The molecule has 0 radical (unpaired) electrons. The molecule has 2 aromatic rings. The van der Waals surface area contributed by atoms with Crippen LogP contribution in [0.5, 0.6) is 0 Å². The molecule has 0 unspecified atom stereocenters. The number of fused-ring (bicyclic) bond motifs is 4. The van der Waals surface area contributed by atoms with Crippen LogP contribution in [0.15, 0.2) is 45.7 Å². The van der Waals surface area contributed by atoms with Crippen LogP contribution in [0.4, 0.5) is 0 Å². The molecule has 0 atom stereocenters. The van der Waals surface area contributed by atoms with Crippen molar-refractivity contribution < 1.29 is 4.42 Å². The molecular formula is C17H12N2O2. The van der Waals surface area contributed by atoms with Gasteiger partial charge in [0.25, 0.3) is 0 Å². The van der Waals surface area contributed by atoms with Gasteiger partial charge in [0.1, 0.15) is 16.7 Å². The summed E-state index contributed by atoms with van der Waals surface area (Å²) in [6.45, 7) is 4.07. The molecule has 102 valence electrons. The molecule has 1 aliphatic carbocycles.